The molecule has 0 aromatic rings. The smallest absolute Gasteiger partial charge is 0.0758 e. The van der Waals surface area contributed by atoms with Gasteiger partial charge in [-0.2, -0.15) is 0 Å². The molecule has 0 unspecified atom stereocenters. The lowest BCUT2D eigenvalue weighted by molar-refractivity contribution is 0.226. The minimum Gasteiger partial charge on any atom is -0.389 e. The molecule has 140 valence electrons. The first-order valence-electron chi connectivity index (χ1n) is 9.53. The molecule has 0 aromatic carbocycles. The van der Waals surface area contributed by atoms with Crippen molar-refractivity contribution in [3.05, 3.63) is 72.9 Å². The molecule has 0 spiro atoms. The van der Waals surface area contributed by atoms with E-state index in [-0.39, 0.29) is 0 Å². The number of unbranched alkanes of at least 4 members (excludes halogenated alkanes) is 2. The highest BCUT2D eigenvalue weighted by Crippen LogP contribution is 2.00. The van der Waals surface area contributed by atoms with E-state index in [0.29, 0.717) is 12.8 Å². The summed E-state index contributed by atoms with van der Waals surface area (Å²) in [5.74, 6) is 0. The van der Waals surface area contributed by atoms with Gasteiger partial charge in [-0.25, -0.2) is 0 Å². The standard InChI is InChI=1S/C23H36O2/c1-3-5-7-8-9-10-11-15-19-23(25)21-17-13-12-16-20-22(24)18-14-6-4-2/h6,8-9,11-17,20-25H,3-5,7,10,18-19H2,1-2H3/b9-8-,13-12+,14-6-,15-11-,20-16-,21-17+/t22-,23+/m0/s1. The maximum atomic E-state index is 9.83. The van der Waals surface area contributed by atoms with Gasteiger partial charge in [-0.3, -0.25) is 0 Å². The molecule has 2 N–H and O–H groups in total. The lowest BCUT2D eigenvalue weighted by Gasteiger charge is -1.99. The summed E-state index contributed by atoms with van der Waals surface area (Å²) in [7, 11) is 0. The van der Waals surface area contributed by atoms with E-state index in [4.69, 9.17) is 0 Å². The van der Waals surface area contributed by atoms with E-state index in [9.17, 15) is 10.2 Å². The molecular weight excluding hydrogens is 308 g/mol. The normalized spacial score (nSPS) is 15.8. The van der Waals surface area contributed by atoms with E-state index in [2.05, 4.69) is 32.1 Å². The zero-order valence-electron chi connectivity index (χ0n) is 15.9. The third kappa shape index (κ3) is 18.5. The second-order valence-corrected chi connectivity index (χ2v) is 5.96. The fourth-order valence-corrected chi connectivity index (χ4v) is 2.02. The predicted octanol–water partition coefficient (Wildman–Crippen LogP) is 5.82. The lowest BCUT2D eigenvalue weighted by Crippen LogP contribution is -1.98. The molecule has 0 aromatic heterocycles. The topological polar surface area (TPSA) is 40.5 Å². The number of aliphatic hydroxyl groups is 2. The van der Waals surface area contributed by atoms with Gasteiger partial charge < -0.3 is 10.2 Å². The van der Waals surface area contributed by atoms with E-state index in [1.54, 1.807) is 12.2 Å². The molecule has 0 rings (SSSR count). The molecule has 0 heterocycles. The molecule has 0 bridgehead atoms. The number of aliphatic hydroxyl groups excluding tert-OH is 2. The minimum absolute atomic E-state index is 0.442. The fourth-order valence-electron chi connectivity index (χ4n) is 2.02. The molecule has 0 aliphatic heterocycles. The third-order valence-corrected chi connectivity index (χ3v) is 3.49. The first-order chi connectivity index (χ1) is 12.2. The van der Waals surface area contributed by atoms with Crippen LogP contribution >= 0.6 is 0 Å². The Hall–Kier alpha value is -1.64. The summed E-state index contributed by atoms with van der Waals surface area (Å²) < 4.78 is 0. The number of hydrogen-bond acceptors (Lipinski definition) is 2. The van der Waals surface area contributed by atoms with Gasteiger partial charge in [0.05, 0.1) is 12.2 Å². The van der Waals surface area contributed by atoms with Gasteiger partial charge in [0.2, 0.25) is 0 Å². The van der Waals surface area contributed by atoms with Gasteiger partial charge in [0.25, 0.3) is 0 Å². The van der Waals surface area contributed by atoms with E-state index in [1.807, 2.05) is 42.5 Å². The van der Waals surface area contributed by atoms with Crippen LogP contribution < -0.4 is 0 Å². The average Bonchev–Trinajstić information content (AvgIpc) is 2.60. The molecule has 0 saturated carbocycles. The summed E-state index contributed by atoms with van der Waals surface area (Å²) in [5.41, 5.74) is 0. The van der Waals surface area contributed by atoms with Crippen molar-refractivity contribution < 1.29 is 10.2 Å². The zero-order chi connectivity index (χ0) is 18.6. The van der Waals surface area contributed by atoms with Crippen molar-refractivity contribution in [2.45, 2.75) is 71.0 Å². The van der Waals surface area contributed by atoms with E-state index < -0.39 is 12.2 Å². The summed E-state index contributed by atoms with van der Waals surface area (Å²) in [6, 6.07) is 0. The Kier molecular flexibility index (Phi) is 17.5. The average molecular weight is 345 g/mol. The summed E-state index contributed by atoms with van der Waals surface area (Å²) in [4.78, 5) is 0. The molecule has 0 radical (unpaired) electrons. The van der Waals surface area contributed by atoms with Crippen LogP contribution in [0.1, 0.15) is 58.8 Å². The van der Waals surface area contributed by atoms with Crippen LogP contribution in [0.15, 0.2) is 72.9 Å². The van der Waals surface area contributed by atoms with Crippen LogP contribution in [0, 0.1) is 0 Å². The van der Waals surface area contributed by atoms with Crippen LogP contribution in [0.5, 0.6) is 0 Å². The highest BCUT2D eigenvalue weighted by molar-refractivity contribution is 5.13. The lowest BCUT2D eigenvalue weighted by atomic mass is 10.2. The third-order valence-electron chi connectivity index (χ3n) is 3.49. The van der Waals surface area contributed by atoms with Gasteiger partial charge in [0.15, 0.2) is 0 Å². The van der Waals surface area contributed by atoms with Gasteiger partial charge >= 0.3 is 0 Å². The molecule has 2 heteroatoms. The molecule has 0 amide bonds. The number of rotatable bonds is 14. The van der Waals surface area contributed by atoms with Gasteiger partial charge in [0.1, 0.15) is 0 Å². The molecule has 2 atom stereocenters. The van der Waals surface area contributed by atoms with Gasteiger partial charge in [0, 0.05) is 0 Å². The maximum absolute atomic E-state index is 9.83. The van der Waals surface area contributed by atoms with Crippen molar-refractivity contribution in [3.8, 4) is 0 Å². The quantitative estimate of drug-likeness (QED) is 0.237. The van der Waals surface area contributed by atoms with Crippen molar-refractivity contribution in [2.75, 3.05) is 0 Å². The first-order valence-corrected chi connectivity index (χ1v) is 9.53. The first kappa shape index (κ1) is 23.4. The fraction of sp³-hybridized carbons (Fsp3) is 0.478. The van der Waals surface area contributed by atoms with Crippen LogP contribution in [0.2, 0.25) is 0 Å². The van der Waals surface area contributed by atoms with Gasteiger partial charge in [-0.1, -0.05) is 99.6 Å². The van der Waals surface area contributed by atoms with E-state index in [1.165, 1.54) is 12.8 Å². The summed E-state index contributed by atoms with van der Waals surface area (Å²) in [6.07, 6.45) is 29.4. The highest BCUT2D eigenvalue weighted by atomic mass is 16.3. The van der Waals surface area contributed by atoms with Crippen molar-refractivity contribution in [1.82, 2.24) is 0 Å². The highest BCUT2D eigenvalue weighted by Gasteiger charge is 1.93. The Labute approximate surface area is 154 Å². The summed E-state index contributed by atoms with van der Waals surface area (Å²) in [6.45, 7) is 4.27. The van der Waals surface area contributed by atoms with Crippen LogP contribution in [0.4, 0.5) is 0 Å². The van der Waals surface area contributed by atoms with Crippen LogP contribution in [0.25, 0.3) is 0 Å². The summed E-state index contributed by atoms with van der Waals surface area (Å²) >= 11 is 0. The second-order valence-electron chi connectivity index (χ2n) is 5.96. The maximum Gasteiger partial charge on any atom is 0.0758 e. The predicted molar refractivity (Wildman–Crippen MR) is 111 cm³/mol. The Morgan fingerprint density at radius 1 is 0.680 bits per heavy atom. The molecule has 25 heavy (non-hydrogen) atoms. The van der Waals surface area contributed by atoms with E-state index in [0.717, 1.165) is 19.3 Å². The monoisotopic (exact) mass is 344 g/mol. The van der Waals surface area contributed by atoms with Gasteiger partial charge in [-0.05, 0) is 32.1 Å². The second kappa shape index (κ2) is 18.7. The Balaban J connectivity index is 3.85. The molecular formula is C23H36O2. The Bertz CT molecular complexity index is 453. The van der Waals surface area contributed by atoms with Crippen LogP contribution in [-0.2, 0) is 0 Å². The molecule has 0 fully saturated rings. The van der Waals surface area contributed by atoms with Crippen molar-refractivity contribution >= 4 is 0 Å². The Morgan fingerprint density at radius 2 is 1.24 bits per heavy atom. The molecule has 0 saturated heterocycles. The SMILES string of the molecule is CC/C=C\C[C@H](O)\C=C/C=C/C=C/[C@H](O)C/C=C\C/C=C\CCCC. The van der Waals surface area contributed by atoms with Gasteiger partial charge in [-0.15, -0.1) is 0 Å². The molecule has 0 aliphatic carbocycles. The van der Waals surface area contributed by atoms with Crippen molar-refractivity contribution in [1.29, 1.82) is 0 Å². The number of allylic oxidation sites excluding steroid dienone is 8. The minimum atomic E-state index is -0.460. The van der Waals surface area contributed by atoms with Crippen molar-refractivity contribution in [3.63, 3.8) is 0 Å². The Morgan fingerprint density at radius 3 is 1.80 bits per heavy atom. The molecule has 2 nitrogen and oxygen atoms in total. The summed E-state index contributed by atoms with van der Waals surface area (Å²) in [5, 5.41) is 19.5. The van der Waals surface area contributed by atoms with Crippen LogP contribution in [-0.4, -0.2) is 22.4 Å². The van der Waals surface area contributed by atoms with Crippen LogP contribution in [0.3, 0.4) is 0 Å². The number of hydrogen-bond donors (Lipinski definition) is 2. The van der Waals surface area contributed by atoms with Crippen molar-refractivity contribution in [2.24, 2.45) is 0 Å². The zero-order valence-corrected chi connectivity index (χ0v) is 15.9. The molecule has 0 aliphatic rings. The van der Waals surface area contributed by atoms with E-state index >= 15 is 0 Å². The largest absolute Gasteiger partial charge is 0.389 e.